The van der Waals surface area contributed by atoms with Crippen LogP contribution in [0.3, 0.4) is 0 Å². The summed E-state index contributed by atoms with van der Waals surface area (Å²) >= 11 is 0. The van der Waals surface area contributed by atoms with Crippen LogP contribution in [0.5, 0.6) is 0 Å². The molecule has 0 aliphatic carbocycles. The minimum absolute atomic E-state index is 0.0412. The number of carbonyl (C=O) groups is 10. The van der Waals surface area contributed by atoms with Crippen molar-refractivity contribution in [3.8, 4) is 0 Å². The van der Waals surface area contributed by atoms with Gasteiger partial charge in [0.1, 0.15) is 48.8 Å². The minimum atomic E-state index is -1.85. The molecule has 31 nitrogen and oxygen atoms in total. The van der Waals surface area contributed by atoms with E-state index in [1.165, 1.54) is 19.4 Å². The molecule has 0 saturated carbocycles. The number of aliphatic hydroxyl groups is 2. The number of hydrogen-bond acceptors (Lipinski definition) is 16. The van der Waals surface area contributed by atoms with Crippen LogP contribution in [0.1, 0.15) is 97.7 Å². The van der Waals surface area contributed by atoms with Crippen molar-refractivity contribution in [1.29, 1.82) is 0 Å². The molecule has 11 atom stereocenters. The van der Waals surface area contributed by atoms with E-state index in [-0.39, 0.29) is 63.7 Å². The number of nitrogens with one attached hydrogen (secondary N) is 9. The summed E-state index contributed by atoms with van der Waals surface area (Å²) in [7, 11) is 0. The van der Waals surface area contributed by atoms with Crippen LogP contribution in [0, 0.1) is 5.92 Å². The lowest BCUT2D eigenvalue weighted by atomic mass is 9.96. The van der Waals surface area contributed by atoms with Crippen LogP contribution in [0.4, 0.5) is 0 Å². The predicted octanol–water partition coefficient (Wildman–Crippen LogP) is -5.32. The molecule has 0 spiro atoms. The number of unbranched alkanes of at least 4 members (excludes halogenated alkanes) is 1. The smallest absolute Gasteiger partial charge is 0.323 e. The van der Waals surface area contributed by atoms with E-state index >= 15 is 0 Å². The van der Waals surface area contributed by atoms with Crippen LogP contribution in [0.15, 0.2) is 52.8 Å². The number of nitrogens with two attached hydrogens (primary N) is 5. The van der Waals surface area contributed by atoms with Crippen LogP contribution in [0.2, 0.25) is 0 Å². The summed E-state index contributed by atoms with van der Waals surface area (Å²) in [6.45, 7) is 7.94. The number of aromatic nitrogens is 2. The van der Waals surface area contributed by atoms with E-state index in [1.807, 2.05) is 6.92 Å². The molecule has 9 amide bonds. The number of imidazole rings is 1. The molecule has 1 unspecified atom stereocenters. The fraction of sp³-hybridized carbons (Fsp3) is 0.596. The summed E-state index contributed by atoms with van der Waals surface area (Å²) in [5.74, 6) is -10.1. The quantitative estimate of drug-likeness (QED) is 0.0170. The number of aromatic amines is 1. The molecular weight excluding hydrogens is 1080 g/mol. The molecule has 0 aliphatic rings. The van der Waals surface area contributed by atoms with Crippen molar-refractivity contribution < 1.29 is 63.3 Å². The Hall–Kier alpha value is -8.45. The average molecular weight is 1170 g/mol. The van der Waals surface area contributed by atoms with E-state index in [2.05, 4.69) is 62.5 Å². The van der Waals surface area contributed by atoms with Crippen LogP contribution in [-0.2, 0) is 60.8 Å². The monoisotopic (exact) mass is 1170 g/mol. The van der Waals surface area contributed by atoms with Crippen molar-refractivity contribution in [1.82, 2.24) is 57.4 Å². The molecule has 462 valence electrons. The molecule has 0 radical (unpaired) electrons. The molecule has 0 bridgehead atoms. The second-order valence-corrected chi connectivity index (χ2v) is 20.0. The molecule has 2 rings (SSSR count). The van der Waals surface area contributed by atoms with Gasteiger partial charge in [-0.3, -0.25) is 57.9 Å². The molecule has 31 heteroatoms. The number of guanidine groups is 2. The topological polar surface area (TPSA) is 514 Å². The van der Waals surface area contributed by atoms with Crippen LogP contribution < -0.4 is 71.2 Å². The SMILES string of the molecule is CCCCN(CC(=O)O)C(=O)[C@@H](NC(=O)[C@@H](CCCN=C(N)N)NC(=O)CNC(=O)[C@@H](NC(=O)[C@@H](NC(=O)[C@H](Cc1cnc[nH]1)NC(=O)[C@@H](Cc1ccccc1)NC(=O)[C@H](C)NC(=O)[C@@H](N)CCCN=C(N)N)[C@@H](C)O)[C@@H](C)O)C(C)CC. The number of carbonyl (C=O) groups excluding carboxylic acids is 9. The van der Waals surface area contributed by atoms with Gasteiger partial charge in [0, 0.05) is 44.4 Å². The second kappa shape index (κ2) is 36.8. The number of hydrogen-bond donors (Lipinski definition) is 17. The van der Waals surface area contributed by atoms with E-state index in [1.54, 1.807) is 44.2 Å². The summed E-state index contributed by atoms with van der Waals surface area (Å²) in [4.78, 5) is 151. The Morgan fingerprint density at radius 2 is 1.18 bits per heavy atom. The lowest BCUT2D eigenvalue weighted by Gasteiger charge is -2.31. The summed E-state index contributed by atoms with van der Waals surface area (Å²) in [6.07, 6.45) is 1.16. The maximum absolute atomic E-state index is 14.2. The van der Waals surface area contributed by atoms with Gasteiger partial charge in [-0.25, -0.2) is 4.98 Å². The Labute approximate surface area is 481 Å². The van der Waals surface area contributed by atoms with Gasteiger partial charge >= 0.3 is 5.97 Å². The van der Waals surface area contributed by atoms with Crippen molar-refractivity contribution in [2.75, 3.05) is 32.7 Å². The molecule has 83 heavy (non-hydrogen) atoms. The number of amides is 9. The third-order valence-electron chi connectivity index (χ3n) is 12.9. The van der Waals surface area contributed by atoms with Gasteiger partial charge in [0.2, 0.25) is 53.2 Å². The lowest BCUT2D eigenvalue weighted by molar-refractivity contribution is -0.146. The maximum atomic E-state index is 14.2. The number of benzene rings is 1. The first-order valence-electron chi connectivity index (χ1n) is 27.3. The Balaban J connectivity index is 2.32. The van der Waals surface area contributed by atoms with Crippen LogP contribution >= 0.6 is 0 Å². The van der Waals surface area contributed by atoms with Crippen molar-refractivity contribution in [2.45, 2.75) is 160 Å². The normalized spacial score (nSPS) is 15.0. The Morgan fingerprint density at radius 3 is 1.73 bits per heavy atom. The van der Waals surface area contributed by atoms with Crippen LogP contribution in [0.25, 0.3) is 0 Å². The minimum Gasteiger partial charge on any atom is -0.480 e. The van der Waals surface area contributed by atoms with E-state index in [0.29, 0.717) is 36.9 Å². The number of carboxylic acids is 1. The highest BCUT2D eigenvalue weighted by Gasteiger charge is 2.37. The zero-order valence-corrected chi connectivity index (χ0v) is 47.9. The second-order valence-electron chi connectivity index (χ2n) is 20.0. The lowest BCUT2D eigenvalue weighted by Crippen LogP contribution is -2.63. The summed E-state index contributed by atoms with van der Waals surface area (Å²) in [5, 5.41) is 50.9. The number of aliphatic imine (C=N–C) groups is 2. The zero-order chi connectivity index (χ0) is 62.3. The van der Waals surface area contributed by atoms with Crippen molar-refractivity contribution in [3.05, 3.63) is 54.1 Å². The number of carboxylic acid groups (broad SMARTS) is 1. The molecule has 0 fully saturated rings. The van der Waals surface area contributed by atoms with Gasteiger partial charge in [0.25, 0.3) is 0 Å². The zero-order valence-electron chi connectivity index (χ0n) is 47.9. The number of aliphatic hydroxyl groups excluding tert-OH is 2. The van der Waals surface area contributed by atoms with Crippen molar-refractivity contribution in [2.24, 2.45) is 44.6 Å². The largest absolute Gasteiger partial charge is 0.480 e. The van der Waals surface area contributed by atoms with Crippen molar-refractivity contribution >= 4 is 71.1 Å². The molecule has 1 aromatic heterocycles. The van der Waals surface area contributed by atoms with E-state index in [4.69, 9.17) is 28.7 Å². The summed E-state index contributed by atoms with van der Waals surface area (Å²) < 4.78 is 0. The Kier molecular flexibility index (Phi) is 31.3. The number of aliphatic carboxylic acids is 1. The van der Waals surface area contributed by atoms with Crippen LogP contribution in [-0.4, -0.2) is 195 Å². The Morgan fingerprint density at radius 1 is 0.639 bits per heavy atom. The highest BCUT2D eigenvalue weighted by atomic mass is 16.4. The van der Waals surface area contributed by atoms with Gasteiger partial charge in [-0.1, -0.05) is 63.9 Å². The fourth-order valence-corrected chi connectivity index (χ4v) is 8.01. The molecular formula is C52H86N18O13. The number of nitrogens with zero attached hydrogens (tertiary/aromatic N) is 4. The predicted molar refractivity (Wildman–Crippen MR) is 304 cm³/mol. The summed E-state index contributed by atoms with van der Waals surface area (Å²) in [5.41, 5.74) is 28.5. The molecule has 0 aliphatic heterocycles. The van der Waals surface area contributed by atoms with E-state index in [9.17, 15) is 63.3 Å². The number of rotatable bonds is 38. The summed E-state index contributed by atoms with van der Waals surface area (Å²) in [6, 6.07) is -2.80. The first-order valence-corrected chi connectivity index (χ1v) is 27.3. The van der Waals surface area contributed by atoms with Gasteiger partial charge in [-0.05, 0) is 64.4 Å². The number of H-pyrrole nitrogens is 1. The van der Waals surface area contributed by atoms with E-state index in [0.717, 1.165) is 18.7 Å². The van der Waals surface area contributed by atoms with Gasteiger partial charge in [0.05, 0.1) is 31.1 Å². The first-order chi connectivity index (χ1) is 39.2. The van der Waals surface area contributed by atoms with Gasteiger partial charge < -0.3 is 96.4 Å². The third kappa shape index (κ3) is 26.3. The highest BCUT2D eigenvalue weighted by Crippen LogP contribution is 2.14. The molecule has 0 saturated heterocycles. The first kappa shape index (κ1) is 70.7. The Bertz CT molecular complexity index is 2490. The fourth-order valence-electron chi connectivity index (χ4n) is 8.01. The third-order valence-corrected chi connectivity index (χ3v) is 12.9. The van der Waals surface area contributed by atoms with Gasteiger partial charge in [0.15, 0.2) is 11.9 Å². The maximum Gasteiger partial charge on any atom is 0.323 e. The average Bonchev–Trinajstić information content (AvgIpc) is 3.97. The van der Waals surface area contributed by atoms with Gasteiger partial charge in [-0.15, -0.1) is 0 Å². The standard InChI is InChI=1S/C52H86N18O13/c1-7-9-21-70(26-39(74)75)50(83)40(28(3)8-2)67-45(78)35(18-14-20-60-52(56)57)64-38(73)25-61-48(81)41(30(5)71)69-49(82)42(31(6)72)68-47(80)37(23-33-24-58-27-62-33)66-46(79)36(22-32-15-11-10-12-16-32)65-43(76)29(4)63-44(77)34(53)17-13-19-59-51(54)55/h10-12,15-16,24,27-31,34-37,40-42,71-72H,7-9,13-14,17-23,25-26,53H2,1-6H3,(H,58,62)(H,61,81)(H,63,77)(H,64,73)(H,65,76)(H,66,79)(H,67,78)(H,68,80)(H,69,82)(H,74,75)(H4,54,55,59)(H4,56,57,60)/t28?,29-,30+,31+,34-,35+,36+,37-,40-,41-,42-/m0/s1. The molecule has 1 heterocycles. The van der Waals surface area contributed by atoms with E-state index < -0.39 is 139 Å². The highest BCUT2D eigenvalue weighted by molar-refractivity contribution is 5.98. The molecule has 2 aromatic rings. The van der Waals surface area contributed by atoms with Crippen molar-refractivity contribution in [3.63, 3.8) is 0 Å². The van der Waals surface area contributed by atoms with Gasteiger partial charge in [-0.2, -0.15) is 0 Å². The molecule has 22 N–H and O–H groups in total. The molecule has 1 aromatic carbocycles.